The number of H-pyrrole nitrogens is 1. The monoisotopic (exact) mass is 598 g/mol. The number of nitrogens with zero attached hydrogens (tertiary/aromatic N) is 4. The van der Waals surface area contributed by atoms with E-state index in [-0.39, 0.29) is 28.9 Å². The number of nitrogens with one attached hydrogen (secondary N) is 2. The van der Waals surface area contributed by atoms with E-state index in [1.54, 1.807) is 14.2 Å². The minimum Gasteiger partial charge on any atom is -0.496 e. The zero-order valence-corrected chi connectivity index (χ0v) is 23.8. The van der Waals surface area contributed by atoms with Crippen LogP contribution in [-0.2, 0) is 4.79 Å². The van der Waals surface area contributed by atoms with Crippen LogP contribution in [0.2, 0.25) is 0 Å². The molecule has 1 aliphatic rings. The number of benzene rings is 2. The van der Waals surface area contributed by atoms with E-state index in [0.29, 0.717) is 30.1 Å². The van der Waals surface area contributed by atoms with Gasteiger partial charge in [0.25, 0.3) is 5.91 Å². The molecule has 5 rings (SSSR count). The van der Waals surface area contributed by atoms with Crippen LogP contribution in [0.25, 0.3) is 22.3 Å². The lowest BCUT2D eigenvalue weighted by Gasteiger charge is -2.26. The van der Waals surface area contributed by atoms with E-state index < -0.39 is 23.8 Å². The molecule has 0 radical (unpaired) electrons. The zero-order valence-electron chi connectivity index (χ0n) is 23.8. The van der Waals surface area contributed by atoms with Gasteiger partial charge in [0.05, 0.1) is 43.6 Å². The number of likely N-dealkylation sites (tertiary alicyclic amines) is 1. The van der Waals surface area contributed by atoms with Gasteiger partial charge in [-0.15, -0.1) is 0 Å². The topological polar surface area (TPSA) is 122 Å². The van der Waals surface area contributed by atoms with Crippen LogP contribution in [0.1, 0.15) is 16.8 Å². The minimum atomic E-state index is -5.31. The van der Waals surface area contributed by atoms with Crippen molar-refractivity contribution in [3.05, 3.63) is 54.4 Å². The maximum atomic E-state index is 13.5. The molecule has 0 aliphatic carbocycles. The summed E-state index contributed by atoms with van der Waals surface area (Å²) in [6, 6.07) is 9.97. The van der Waals surface area contributed by atoms with Gasteiger partial charge in [0.1, 0.15) is 17.3 Å². The number of aromatic nitrogens is 3. The van der Waals surface area contributed by atoms with E-state index in [2.05, 4.69) is 20.3 Å². The largest absolute Gasteiger partial charge is 0.496 e. The SMILES string of the molecule is COc1c(Nc2cncc(-c3cc4c(OC)cccc4[nH]3)n2)ccc(C(=O)N(C)C2CCN(C)C2)c1OC(=O)C(F)(F)F. The van der Waals surface area contributed by atoms with E-state index in [1.165, 1.54) is 36.5 Å². The molecule has 43 heavy (non-hydrogen) atoms. The number of likely N-dealkylation sites (N-methyl/N-ethyl adjacent to an activating group) is 2. The summed E-state index contributed by atoms with van der Waals surface area (Å²) in [7, 11) is 6.23. The molecule has 1 amide bonds. The second-order valence-corrected chi connectivity index (χ2v) is 10.1. The van der Waals surface area contributed by atoms with Crippen molar-refractivity contribution in [1.82, 2.24) is 24.8 Å². The van der Waals surface area contributed by atoms with E-state index in [9.17, 15) is 22.8 Å². The van der Waals surface area contributed by atoms with Crippen LogP contribution in [0.4, 0.5) is 24.7 Å². The van der Waals surface area contributed by atoms with Gasteiger partial charge in [0.2, 0.25) is 0 Å². The Morgan fingerprint density at radius 3 is 2.58 bits per heavy atom. The molecule has 0 bridgehead atoms. The highest BCUT2D eigenvalue weighted by Gasteiger charge is 2.43. The Morgan fingerprint density at radius 1 is 1.12 bits per heavy atom. The lowest BCUT2D eigenvalue weighted by atomic mass is 10.1. The van der Waals surface area contributed by atoms with Crippen molar-refractivity contribution in [2.45, 2.75) is 18.6 Å². The third-order valence-electron chi connectivity index (χ3n) is 7.22. The van der Waals surface area contributed by atoms with Crippen molar-refractivity contribution in [1.29, 1.82) is 0 Å². The lowest BCUT2D eigenvalue weighted by Crippen LogP contribution is -2.39. The molecular formula is C29H29F3N6O5. The smallest absolute Gasteiger partial charge is 0.491 e. The van der Waals surface area contributed by atoms with Gasteiger partial charge in [0.15, 0.2) is 11.5 Å². The van der Waals surface area contributed by atoms with Gasteiger partial charge < -0.3 is 34.3 Å². The molecule has 3 heterocycles. The Bertz CT molecular complexity index is 1670. The summed E-state index contributed by atoms with van der Waals surface area (Å²) in [5.74, 6) is -3.18. The highest BCUT2D eigenvalue weighted by Crippen LogP contribution is 2.41. The molecule has 1 aliphatic heterocycles. The molecule has 2 aromatic heterocycles. The summed E-state index contributed by atoms with van der Waals surface area (Å²) in [5, 5.41) is 3.80. The number of alkyl halides is 3. The fourth-order valence-electron chi connectivity index (χ4n) is 5.01. The highest BCUT2D eigenvalue weighted by atomic mass is 19.4. The number of rotatable bonds is 8. The first-order chi connectivity index (χ1) is 20.5. The first-order valence-corrected chi connectivity index (χ1v) is 13.2. The van der Waals surface area contributed by atoms with E-state index in [4.69, 9.17) is 14.2 Å². The first kappa shape index (κ1) is 29.6. The maximum Gasteiger partial charge on any atom is 0.491 e. The second kappa shape index (κ2) is 11.8. The molecule has 1 atom stereocenters. The number of carbonyl (C=O) groups excluding carboxylic acids is 2. The van der Waals surface area contributed by atoms with E-state index in [1.807, 2.05) is 36.2 Å². The Balaban J connectivity index is 1.51. The van der Waals surface area contributed by atoms with Gasteiger partial charge in [-0.1, -0.05) is 6.07 Å². The third kappa shape index (κ3) is 6.04. The molecule has 1 unspecified atom stereocenters. The van der Waals surface area contributed by atoms with Crippen molar-refractivity contribution in [3.63, 3.8) is 0 Å². The third-order valence-corrected chi connectivity index (χ3v) is 7.22. The minimum absolute atomic E-state index is 0.0945. The van der Waals surface area contributed by atoms with Crippen LogP contribution in [-0.4, -0.2) is 90.3 Å². The van der Waals surface area contributed by atoms with Crippen molar-refractivity contribution >= 4 is 34.3 Å². The molecule has 226 valence electrons. The summed E-state index contributed by atoms with van der Waals surface area (Å²) in [6.45, 7) is 1.35. The zero-order chi connectivity index (χ0) is 30.9. The van der Waals surface area contributed by atoms with Crippen LogP contribution in [0.3, 0.4) is 0 Å². The van der Waals surface area contributed by atoms with Gasteiger partial charge in [0, 0.05) is 30.5 Å². The molecular weight excluding hydrogens is 569 g/mol. The van der Waals surface area contributed by atoms with Gasteiger partial charge in [-0.25, -0.2) is 9.78 Å². The predicted molar refractivity (Wildman–Crippen MR) is 152 cm³/mol. The average Bonchev–Trinajstić information content (AvgIpc) is 3.62. The number of methoxy groups -OCH3 is 2. The molecule has 1 fully saturated rings. The fraction of sp³-hybridized carbons (Fsp3) is 0.310. The van der Waals surface area contributed by atoms with Crippen molar-refractivity contribution < 1.29 is 37.0 Å². The molecule has 0 spiro atoms. The van der Waals surface area contributed by atoms with Gasteiger partial charge >= 0.3 is 12.1 Å². The number of esters is 1. The van der Waals surface area contributed by atoms with Crippen molar-refractivity contribution in [3.8, 4) is 28.6 Å². The molecule has 0 saturated carbocycles. The number of amides is 1. The van der Waals surface area contributed by atoms with Crippen LogP contribution in [0, 0.1) is 0 Å². The highest BCUT2D eigenvalue weighted by molar-refractivity contribution is 6.00. The number of carbonyl (C=O) groups is 2. The fourth-order valence-corrected chi connectivity index (χ4v) is 5.01. The normalized spacial score (nSPS) is 15.4. The number of hydrogen-bond acceptors (Lipinski definition) is 9. The Morgan fingerprint density at radius 2 is 1.91 bits per heavy atom. The number of anilines is 2. The standard InChI is InChI=1S/C29H29F3N6O5/c1-37-11-10-16(15-37)38(2)27(39)17-8-9-20(26(42-4)25(17)43-28(40)29(30,31)32)35-24-14-33-13-22(36-24)21-12-18-19(34-21)6-5-7-23(18)41-3/h5-9,12-14,16,34H,10-11,15H2,1-4H3,(H,35,36). The van der Waals surface area contributed by atoms with Crippen molar-refractivity contribution in [2.75, 3.05) is 46.7 Å². The molecule has 1 saturated heterocycles. The molecule has 4 aromatic rings. The number of hydrogen-bond donors (Lipinski definition) is 2. The predicted octanol–water partition coefficient (Wildman–Crippen LogP) is 4.63. The number of ether oxygens (including phenoxy) is 3. The first-order valence-electron chi connectivity index (χ1n) is 13.2. The summed E-state index contributed by atoms with van der Waals surface area (Å²) in [4.78, 5) is 40.9. The van der Waals surface area contributed by atoms with Crippen LogP contribution < -0.4 is 19.5 Å². The van der Waals surface area contributed by atoms with E-state index >= 15 is 0 Å². The molecule has 2 N–H and O–H groups in total. The summed E-state index contributed by atoms with van der Waals surface area (Å²) in [5.41, 5.74) is 1.76. The van der Waals surface area contributed by atoms with Gasteiger partial charge in [-0.2, -0.15) is 13.2 Å². The Kier molecular flexibility index (Phi) is 8.13. The quantitative estimate of drug-likeness (QED) is 0.221. The Hall–Kier alpha value is -4.85. The van der Waals surface area contributed by atoms with Crippen LogP contribution in [0.15, 0.2) is 48.8 Å². The van der Waals surface area contributed by atoms with Crippen molar-refractivity contribution in [2.24, 2.45) is 0 Å². The summed E-state index contributed by atoms with van der Waals surface area (Å²) >= 11 is 0. The molecule has 2 aromatic carbocycles. The van der Waals surface area contributed by atoms with Crippen LogP contribution >= 0.6 is 0 Å². The van der Waals surface area contributed by atoms with Gasteiger partial charge in [-0.3, -0.25) is 9.78 Å². The molecule has 11 nitrogen and oxygen atoms in total. The lowest BCUT2D eigenvalue weighted by molar-refractivity contribution is -0.189. The van der Waals surface area contributed by atoms with Gasteiger partial charge in [-0.05, 0) is 50.3 Å². The maximum absolute atomic E-state index is 13.5. The Labute approximate surface area is 244 Å². The molecule has 14 heteroatoms. The second-order valence-electron chi connectivity index (χ2n) is 10.1. The summed E-state index contributed by atoms with van der Waals surface area (Å²) < 4.78 is 55.4. The number of halogens is 3. The number of aromatic amines is 1. The van der Waals surface area contributed by atoms with E-state index in [0.717, 1.165) is 17.4 Å². The number of fused-ring (bicyclic) bond motifs is 1. The van der Waals surface area contributed by atoms with Crippen LogP contribution in [0.5, 0.6) is 17.2 Å². The average molecular weight is 599 g/mol. The summed E-state index contributed by atoms with van der Waals surface area (Å²) in [6.07, 6.45) is -1.69.